The number of aliphatic hydroxyl groups excluding tert-OH is 1. The summed E-state index contributed by atoms with van der Waals surface area (Å²) < 4.78 is 50.5. The van der Waals surface area contributed by atoms with Crippen molar-refractivity contribution in [1.82, 2.24) is 10.2 Å². The van der Waals surface area contributed by atoms with E-state index in [9.17, 15) is 22.7 Å². The molecule has 0 amide bonds. The molecule has 0 radical (unpaired) electrons. The Bertz CT molecular complexity index is 572. The SMILES string of the molecule is OC(c1ccnnc1)c1ccc(C(F)(F)F)c(F)c1. The summed E-state index contributed by atoms with van der Waals surface area (Å²) >= 11 is 0. The topological polar surface area (TPSA) is 46.0 Å². The average Bonchev–Trinajstić information content (AvgIpc) is 2.37. The van der Waals surface area contributed by atoms with Crippen molar-refractivity contribution in [1.29, 1.82) is 0 Å². The maximum atomic E-state index is 13.4. The molecule has 19 heavy (non-hydrogen) atoms. The van der Waals surface area contributed by atoms with E-state index in [0.717, 1.165) is 6.07 Å². The van der Waals surface area contributed by atoms with Gasteiger partial charge in [-0.2, -0.15) is 23.4 Å². The highest BCUT2D eigenvalue weighted by molar-refractivity contribution is 5.32. The third-order valence-electron chi connectivity index (χ3n) is 2.54. The molecule has 1 heterocycles. The summed E-state index contributed by atoms with van der Waals surface area (Å²) in [5.74, 6) is -1.42. The summed E-state index contributed by atoms with van der Waals surface area (Å²) in [6, 6.07) is 3.72. The molecule has 0 aliphatic carbocycles. The second-order valence-electron chi connectivity index (χ2n) is 3.82. The van der Waals surface area contributed by atoms with Crippen LogP contribution in [0.25, 0.3) is 0 Å². The minimum atomic E-state index is -4.76. The third kappa shape index (κ3) is 2.87. The van der Waals surface area contributed by atoms with E-state index in [-0.39, 0.29) is 5.56 Å². The van der Waals surface area contributed by atoms with Crippen LogP contribution in [0.15, 0.2) is 36.7 Å². The van der Waals surface area contributed by atoms with Crippen LogP contribution in [0.2, 0.25) is 0 Å². The monoisotopic (exact) mass is 272 g/mol. The molecule has 7 heteroatoms. The highest BCUT2D eigenvalue weighted by Crippen LogP contribution is 2.33. The van der Waals surface area contributed by atoms with Gasteiger partial charge >= 0.3 is 6.18 Å². The molecule has 1 aromatic carbocycles. The smallest absolute Gasteiger partial charge is 0.384 e. The van der Waals surface area contributed by atoms with Crippen LogP contribution in [0.1, 0.15) is 22.8 Å². The van der Waals surface area contributed by atoms with Crippen LogP contribution in [0.3, 0.4) is 0 Å². The van der Waals surface area contributed by atoms with Crippen molar-refractivity contribution in [2.24, 2.45) is 0 Å². The second kappa shape index (κ2) is 4.93. The minimum Gasteiger partial charge on any atom is -0.384 e. The lowest BCUT2D eigenvalue weighted by Gasteiger charge is -2.13. The molecular formula is C12H8F4N2O. The van der Waals surface area contributed by atoms with Crippen molar-refractivity contribution in [3.05, 3.63) is 59.2 Å². The van der Waals surface area contributed by atoms with Gasteiger partial charge in [0.1, 0.15) is 11.9 Å². The van der Waals surface area contributed by atoms with E-state index >= 15 is 0 Å². The van der Waals surface area contributed by atoms with Crippen LogP contribution in [0.4, 0.5) is 17.6 Å². The van der Waals surface area contributed by atoms with Crippen molar-refractivity contribution in [3.63, 3.8) is 0 Å². The molecule has 1 N–H and O–H groups in total. The van der Waals surface area contributed by atoms with Crippen molar-refractivity contribution in [3.8, 4) is 0 Å². The minimum absolute atomic E-state index is 0.0125. The number of rotatable bonds is 2. The summed E-state index contributed by atoms with van der Waals surface area (Å²) in [6.45, 7) is 0. The number of alkyl halides is 3. The number of aromatic nitrogens is 2. The zero-order valence-corrected chi connectivity index (χ0v) is 9.39. The predicted molar refractivity (Wildman–Crippen MR) is 57.5 cm³/mol. The van der Waals surface area contributed by atoms with Crippen LogP contribution in [0.5, 0.6) is 0 Å². The number of nitrogens with zero attached hydrogens (tertiary/aromatic N) is 2. The highest BCUT2D eigenvalue weighted by atomic mass is 19.4. The summed E-state index contributed by atoms with van der Waals surface area (Å²) in [6.07, 6.45) is -3.45. The van der Waals surface area contributed by atoms with Gasteiger partial charge < -0.3 is 5.11 Å². The molecule has 2 rings (SSSR count). The van der Waals surface area contributed by atoms with Crippen LogP contribution in [-0.2, 0) is 6.18 Å². The molecule has 0 saturated heterocycles. The Morgan fingerprint density at radius 2 is 1.79 bits per heavy atom. The van der Waals surface area contributed by atoms with Gasteiger partial charge in [-0.1, -0.05) is 6.07 Å². The zero-order chi connectivity index (χ0) is 14.0. The first-order valence-electron chi connectivity index (χ1n) is 5.21. The lowest BCUT2D eigenvalue weighted by molar-refractivity contribution is -0.140. The van der Waals surface area contributed by atoms with Gasteiger partial charge in [-0.25, -0.2) is 4.39 Å². The number of hydrogen-bond donors (Lipinski definition) is 1. The summed E-state index contributed by atoms with van der Waals surface area (Å²) in [4.78, 5) is 0. The number of hydrogen-bond acceptors (Lipinski definition) is 3. The molecule has 0 aliphatic heterocycles. The summed E-state index contributed by atoms with van der Waals surface area (Å²) in [5.41, 5.74) is -1.04. The fourth-order valence-corrected chi connectivity index (χ4v) is 1.59. The Labute approximate surface area is 105 Å². The molecule has 3 nitrogen and oxygen atoms in total. The fraction of sp³-hybridized carbons (Fsp3) is 0.167. The van der Waals surface area contributed by atoms with Crippen LogP contribution in [-0.4, -0.2) is 15.3 Å². The molecule has 0 aliphatic rings. The molecule has 100 valence electrons. The molecule has 1 aromatic heterocycles. The zero-order valence-electron chi connectivity index (χ0n) is 9.39. The van der Waals surface area contributed by atoms with E-state index in [1.54, 1.807) is 0 Å². The van der Waals surface area contributed by atoms with Gasteiger partial charge in [0.15, 0.2) is 0 Å². The van der Waals surface area contributed by atoms with Gasteiger partial charge in [0.2, 0.25) is 0 Å². The van der Waals surface area contributed by atoms with E-state index in [4.69, 9.17) is 0 Å². The third-order valence-corrected chi connectivity index (χ3v) is 2.54. The molecule has 0 spiro atoms. The van der Waals surface area contributed by atoms with Crippen molar-refractivity contribution >= 4 is 0 Å². The number of aliphatic hydroxyl groups is 1. The van der Waals surface area contributed by atoms with E-state index in [0.29, 0.717) is 17.7 Å². The van der Waals surface area contributed by atoms with E-state index in [1.807, 2.05) is 0 Å². The molecule has 0 fully saturated rings. The molecular weight excluding hydrogens is 264 g/mol. The van der Waals surface area contributed by atoms with Crippen LogP contribution < -0.4 is 0 Å². The van der Waals surface area contributed by atoms with Gasteiger partial charge in [0.05, 0.1) is 11.8 Å². The maximum Gasteiger partial charge on any atom is 0.419 e. The van der Waals surface area contributed by atoms with Gasteiger partial charge in [0.25, 0.3) is 0 Å². The molecule has 1 atom stereocenters. The number of halogens is 4. The first-order valence-corrected chi connectivity index (χ1v) is 5.21. The van der Waals surface area contributed by atoms with Crippen LogP contribution in [0, 0.1) is 5.82 Å². The standard InChI is InChI=1S/C12H8F4N2O/c13-10-5-7(1-2-9(10)12(14,15)16)11(19)8-3-4-17-18-6-8/h1-6,11,19H. The van der Waals surface area contributed by atoms with Crippen molar-refractivity contribution in [2.75, 3.05) is 0 Å². The Balaban J connectivity index is 2.35. The Morgan fingerprint density at radius 3 is 2.32 bits per heavy atom. The first-order chi connectivity index (χ1) is 8.89. The quantitative estimate of drug-likeness (QED) is 0.855. The van der Waals surface area contributed by atoms with Gasteiger partial charge in [-0.05, 0) is 23.8 Å². The van der Waals surface area contributed by atoms with Gasteiger partial charge in [0, 0.05) is 11.8 Å². The predicted octanol–water partition coefficient (Wildman–Crippen LogP) is 2.72. The van der Waals surface area contributed by atoms with E-state index in [1.165, 1.54) is 18.5 Å². The van der Waals surface area contributed by atoms with E-state index < -0.39 is 23.7 Å². The largest absolute Gasteiger partial charge is 0.419 e. The molecule has 0 bridgehead atoms. The Hall–Kier alpha value is -2.02. The molecule has 1 unspecified atom stereocenters. The summed E-state index contributed by atoms with van der Waals surface area (Å²) in [5, 5.41) is 16.9. The number of benzene rings is 1. The van der Waals surface area contributed by atoms with Crippen molar-refractivity contribution < 1.29 is 22.7 Å². The van der Waals surface area contributed by atoms with Crippen molar-refractivity contribution in [2.45, 2.75) is 12.3 Å². The normalized spacial score (nSPS) is 13.3. The molecule has 0 saturated carbocycles. The highest BCUT2D eigenvalue weighted by Gasteiger charge is 2.34. The average molecular weight is 272 g/mol. The van der Waals surface area contributed by atoms with Crippen LogP contribution >= 0.6 is 0 Å². The summed E-state index contributed by atoms with van der Waals surface area (Å²) in [7, 11) is 0. The fourth-order valence-electron chi connectivity index (χ4n) is 1.59. The maximum absolute atomic E-state index is 13.4. The van der Waals surface area contributed by atoms with Gasteiger partial charge in [-0.15, -0.1) is 0 Å². The second-order valence-corrected chi connectivity index (χ2v) is 3.82. The van der Waals surface area contributed by atoms with Gasteiger partial charge in [-0.3, -0.25) is 0 Å². The van der Waals surface area contributed by atoms with E-state index in [2.05, 4.69) is 10.2 Å². The Morgan fingerprint density at radius 1 is 1.05 bits per heavy atom. The lowest BCUT2D eigenvalue weighted by Crippen LogP contribution is -2.09. The lowest BCUT2D eigenvalue weighted by atomic mass is 10.0. The first kappa shape index (κ1) is 13.4. The molecule has 2 aromatic rings. The Kier molecular flexibility index (Phi) is 3.48.